The topological polar surface area (TPSA) is 63.7 Å². The van der Waals surface area contributed by atoms with Crippen LogP contribution in [0.2, 0.25) is 0 Å². The van der Waals surface area contributed by atoms with E-state index in [0.29, 0.717) is 30.5 Å². The fourth-order valence-electron chi connectivity index (χ4n) is 3.06. The molecule has 1 aromatic heterocycles. The summed E-state index contributed by atoms with van der Waals surface area (Å²) in [7, 11) is 2.02. The quantitative estimate of drug-likeness (QED) is 0.670. The van der Waals surface area contributed by atoms with Crippen LogP contribution in [0.3, 0.4) is 0 Å². The number of hydrogen-bond donors (Lipinski definition) is 1. The van der Waals surface area contributed by atoms with Crippen molar-refractivity contribution in [2.75, 3.05) is 7.05 Å². The summed E-state index contributed by atoms with van der Waals surface area (Å²) in [5.74, 6) is 2.16. The highest BCUT2D eigenvalue weighted by molar-refractivity contribution is 5.78. The van der Waals surface area contributed by atoms with Crippen molar-refractivity contribution in [3.63, 3.8) is 0 Å². The Bertz CT molecular complexity index is 548. The molecule has 0 aromatic carbocycles. The number of rotatable bonds is 5. The lowest BCUT2D eigenvalue weighted by atomic mass is 9.89. The number of pyridine rings is 1. The monoisotopic (exact) mass is 316 g/mol. The summed E-state index contributed by atoms with van der Waals surface area (Å²) < 4.78 is 6.05. The van der Waals surface area contributed by atoms with Crippen LogP contribution in [0.1, 0.15) is 51.0 Å². The van der Waals surface area contributed by atoms with Crippen LogP contribution in [0.25, 0.3) is 0 Å². The molecule has 0 amide bonds. The highest BCUT2D eigenvalue weighted by atomic mass is 16.5. The number of ether oxygens (including phenoxy) is 1. The molecule has 2 aliphatic carbocycles. The Kier molecular flexibility index (Phi) is 5.03. The van der Waals surface area contributed by atoms with Gasteiger partial charge in [-0.05, 0) is 56.1 Å². The predicted octanol–water partition coefficient (Wildman–Crippen LogP) is 2.95. The first kappa shape index (κ1) is 16.1. The van der Waals surface area contributed by atoms with Crippen LogP contribution in [0.5, 0.6) is 5.88 Å². The third kappa shape index (κ3) is 4.60. The Labute approximate surface area is 138 Å². The SMILES string of the molecule is CC1CCC(Oc2cc(CN=C(N)N(C)C3CC3)ccn2)CC1. The van der Waals surface area contributed by atoms with Crippen LogP contribution in [0.4, 0.5) is 0 Å². The van der Waals surface area contributed by atoms with Gasteiger partial charge in [0.05, 0.1) is 6.54 Å². The van der Waals surface area contributed by atoms with Crippen LogP contribution >= 0.6 is 0 Å². The van der Waals surface area contributed by atoms with Crippen LogP contribution in [-0.4, -0.2) is 35.0 Å². The highest BCUT2D eigenvalue weighted by Crippen LogP contribution is 2.27. The normalized spacial score (nSPS) is 25.2. The van der Waals surface area contributed by atoms with Gasteiger partial charge in [0.2, 0.25) is 5.88 Å². The molecule has 5 nitrogen and oxygen atoms in total. The highest BCUT2D eigenvalue weighted by Gasteiger charge is 2.27. The first-order chi connectivity index (χ1) is 11.1. The van der Waals surface area contributed by atoms with Gasteiger partial charge in [0.1, 0.15) is 6.10 Å². The standard InChI is InChI=1S/C18H28N4O/c1-13-3-7-16(8-4-13)23-17-11-14(9-10-20-17)12-21-18(19)22(2)15-5-6-15/h9-11,13,15-16H,3-8,12H2,1-2H3,(H2,19,21). The van der Waals surface area contributed by atoms with E-state index < -0.39 is 0 Å². The second-order valence-electron chi connectivity index (χ2n) is 7.02. The number of aliphatic imine (C=N–C) groups is 1. The first-order valence-corrected chi connectivity index (χ1v) is 8.76. The van der Waals surface area contributed by atoms with Gasteiger partial charge in [-0.3, -0.25) is 0 Å². The number of nitrogens with zero attached hydrogens (tertiary/aromatic N) is 3. The van der Waals surface area contributed by atoms with E-state index in [2.05, 4.69) is 21.8 Å². The van der Waals surface area contributed by atoms with E-state index in [4.69, 9.17) is 10.5 Å². The zero-order valence-electron chi connectivity index (χ0n) is 14.2. The zero-order valence-corrected chi connectivity index (χ0v) is 14.2. The minimum Gasteiger partial charge on any atom is -0.474 e. The predicted molar refractivity (Wildman–Crippen MR) is 92.4 cm³/mol. The molecular weight excluding hydrogens is 288 g/mol. The lowest BCUT2D eigenvalue weighted by Crippen LogP contribution is -2.35. The molecule has 126 valence electrons. The molecule has 0 atom stereocenters. The summed E-state index contributed by atoms with van der Waals surface area (Å²) in [5, 5.41) is 0. The van der Waals surface area contributed by atoms with Crippen molar-refractivity contribution in [2.45, 2.75) is 64.1 Å². The molecule has 23 heavy (non-hydrogen) atoms. The van der Waals surface area contributed by atoms with E-state index in [1.165, 1.54) is 25.7 Å². The molecule has 3 rings (SSSR count). The summed E-state index contributed by atoms with van der Waals surface area (Å²) >= 11 is 0. The van der Waals surface area contributed by atoms with Gasteiger partial charge in [-0.1, -0.05) is 6.92 Å². The third-order valence-electron chi connectivity index (χ3n) is 4.93. The number of guanidine groups is 1. The van der Waals surface area contributed by atoms with Gasteiger partial charge in [-0.15, -0.1) is 0 Å². The molecule has 2 saturated carbocycles. The van der Waals surface area contributed by atoms with E-state index in [1.807, 2.05) is 19.2 Å². The molecule has 0 saturated heterocycles. The molecule has 1 heterocycles. The second kappa shape index (κ2) is 7.20. The summed E-state index contributed by atoms with van der Waals surface area (Å²) in [5.41, 5.74) is 7.12. The molecule has 0 bridgehead atoms. The van der Waals surface area contributed by atoms with Gasteiger partial charge in [0, 0.05) is 25.4 Å². The van der Waals surface area contributed by atoms with Crippen molar-refractivity contribution in [3.8, 4) is 5.88 Å². The Morgan fingerprint density at radius 1 is 1.30 bits per heavy atom. The second-order valence-corrected chi connectivity index (χ2v) is 7.02. The maximum absolute atomic E-state index is 6.05. The Hall–Kier alpha value is -1.78. The molecule has 2 N–H and O–H groups in total. The number of hydrogen-bond acceptors (Lipinski definition) is 3. The van der Waals surface area contributed by atoms with Gasteiger partial charge < -0.3 is 15.4 Å². The molecule has 0 unspecified atom stereocenters. The van der Waals surface area contributed by atoms with Crippen LogP contribution in [-0.2, 0) is 6.54 Å². The van der Waals surface area contributed by atoms with Gasteiger partial charge in [-0.2, -0.15) is 0 Å². The van der Waals surface area contributed by atoms with Crippen molar-refractivity contribution in [3.05, 3.63) is 23.9 Å². The van der Waals surface area contributed by atoms with E-state index in [1.54, 1.807) is 6.20 Å². The minimum absolute atomic E-state index is 0.309. The van der Waals surface area contributed by atoms with Crippen molar-refractivity contribution in [1.82, 2.24) is 9.88 Å². The van der Waals surface area contributed by atoms with E-state index in [9.17, 15) is 0 Å². The molecular formula is C18H28N4O. The lowest BCUT2D eigenvalue weighted by Gasteiger charge is -2.26. The molecule has 2 fully saturated rings. The Balaban J connectivity index is 1.55. The van der Waals surface area contributed by atoms with E-state index >= 15 is 0 Å². The number of nitrogens with two attached hydrogens (primary N) is 1. The van der Waals surface area contributed by atoms with Gasteiger partial charge >= 0.3 is 0 Å². The van der Waals surface area contributed by atoms with Crippen molar-refractivity contribution in [2.24, 2.45) is 16.6 Å². The maximum Gasteiger partial charge on any atom is 0.213 e. The van der Waals surface area contributed by atoms with E-state index in [0.717, 1.165) is 24.3 Å². The van der Waals surface area contributed by atoms with E-state index in [-0.39, 0.29) is 0 Å². The molecule has 0 radical (unpaired) electrons. The largest absolute Gasteiger partial charge is 0.474 e. The third-order valence-corrected chi connectivity index (χ3v) is 4.93. The van der Waals surface area contributed by atoms with Crippen molar-refractivity contribution < 1.29 is 4.74 Å². The minimum atomic E-state index is 0.309. The van der Waals surface area contributed by atoms with Crippen LogP contribution in [0.15, 0.2) is 23.3 Å². The fourth-order valence-corrected chi connectivity index (χ4v) is 3.06. The Morgan fingerprint density at radius 2 is 2.04 bits per heavy atom. The lowest BCUT2D eigenvalue weighted by molar-refractivity contribution is 0.130. The van der Waals surface area contributed by atoms with Gasteiger partial charge in [0.25, 0.3) is 0 Å². The Morgan fingerprint density at radius 3 is 2.74 bits per heavy atom. The van der Waals surface area contributed by atoms with Crippen LogP contribution in [0, 0.1) is 5.92 Å². The van der Waals surface area contributed by atoms with Gasteiger partial charge in [-0.25, -0.2) is 9.98 Å². The van der Waals surface area contributed by atoms with Gasteiger partial charge in [0.15, 0.2) is 5.96 Å². The molecule has 0 aliphatic heterocycles. The van der Waals surface area contributed by atoms with Crippen molar-refractivity contribution >= 4 is 5.96 Å². The smallest absolute Gasteiger partial charge is 0.213 e. The average Bonchev–Trinajstić information content (AvgIpc) is 3.39. The van der Waals surface area contributed by atoms with Crippen molar-refractivity contribution in [1.29, 1.82) is 0 Å². The molecule has 1 aromatic rings. The average molecular weight is 316 g/mol. The maximum atomic E-state index is 6.05. The zero-order chi connectivity index (χ0) is 16.2. The molecule has 0 spiro atoms. The summed E-state index contributed by atoms with van der Waals surface area (Å²) in [6, 6.07) is 4.55. The fraction of sp³-hybridized carbons (Fsp3) is 0.667. The summed E-state index contributed by atoms with van der Waals surface area (Å²) in [6.45, 7) is 2.89. The number of aromatic nitrogens is 1. The summed E-state index contributed by atoms with van der Waals surface area (Å²) in [4.78, 5) is 10.9. The molecule has 2 aliphatic rings. The van der Waals surface area contributed by atoms with Crippen LogP contribution < -0.4 is 10.5 Å². The first-order valence-electron chi connectivity index (χ1n) is 8.76. The molecule has 5 heteroatoms. The summed E-state index contributed by atoms with van der Waals surface area (Å²) in [6.07, 6.45) is 9.31.